The molecule has 0 aliphatic carbocycles. The largest absolute Gasteiger partial charge is 0.463 e. The van der Waals surface area contributed by atoms with Gasteiger partial charge < -0.3 is 4.74 Å². The molecule has 0 atom stereocenters. The maximum Gasteiger partial charge on any atom is 0.330 e. The van der Waals surface area contributed by atoms with Crippen LogP contribution in [0.5, 0.6) is 0 Å². The Balaban J connectivity index is 1.74. The van der Waals surface area contributed by atoms with Crippen LogP contribution in [0.3, 0.4) is 0 Å². The van der Waals surface area contributed by atoms with E-state index in [9.17, 15) is 4.79 Å². The summed E-state index contributed by atoms with van der Waals surface area (Å²) in [5.74, 6) is -0.379. The van der Waals surface area contributed by atoms with E-state index in [0.29, 0.717) is 6.61 Å². The maximum atomic E-state index is 11.5. The average molecular weight is 469 g/mol. The Hall–Kier alpha value is -4.43. The summed E-state index contributed by atoms with van der Waals surface area (Å²) in [6.07, 6.45) is 4.70. The second-order valence-corrected chi connectivity index (χ2v) is 8.76. The lowest BCUT2D eigenvalue weighted by atomic mass is 9.83. The van der Waals surface area contributed by atoms with Gasteiger partial charge >= 0.3 is 5.97 Å². The van der Waals surface area contributed by atoms with Gasteiger partial charge in [0.15, 0.2) is 0 Å². The molecule has 0 amide bonds. The normalized spacial score (nSPS) is 10.9. The Labute approximate surface area is 212 Å². The van der Waals surface area contributed by atoms with Crippen LogP contribution >= 0.6 is 0 Å². The van der Waals surface area contributed by atoms with Crippen LogP contribution in [-0.4, -0.2) is 12.6 Å². The van der Waals surface area contributed by atoms with Gasteiger partial charge in [-0.15, -0.1) is 0 Å². The number of benzene rings is 5. The SMILES string of the molecule is C=CC(=O)OCCCc1ccccc1-c1c2ccccc2c(-c2ccccc2C=C)c2ccccc12. The first-order valence-corrected chi connectivity index (χ1v) is 12.3. The molecule has 2 nitrogen and oxygen atoms in total. The third-order valence-electron chi connectivity index (χ3n) is 6.67. The molecule has 0 aromatic heterocycles. The molecule has 5 rings (SSSR count). The fourth-order valence-corrected chi connectivity index (χ4v) is 5.09. The third-order valence-corrected chi connectivity index (χ3v) is 6.67. The first-order valence-electron chi connectivity index (χ1n) is 12.3. The van der Waals surface area contributed by atoms with E-state index < -0.39 is 0 Å². The minimum absolute atomic E-state index is 0.373. The summed E-state index contributed by atoms with van der Waals surface area (Å²) in [6.45, 7) is 7.91. The molecular formula is C34H28O2. The summed E-state index contributed by atoms with van der Waals surface area (Å²) in [7, 11) is 0. The molecule has 0 aliphatic heterocycles. The van der Waals surface area contributed by atoms with Crippen molar-refractivity contribution >= 4 is 33.6 Å². The van der Waals surface area contributed by atoms with Crippen LogP contribution in [0.2, 0.25) is 0 Å². The van der Waals surface area contributed by atoms with Crippen molar-refractivity contribution in [3.05, 3.63) is 127 Å². The van der Waals surface area contributed by atoms with Crippen molar-refractivity contribution in [3.63, 3.8) is 0 Å². The Morgan fingerprint density at radius 2 is 1.17 bits per heavy atom. The lowest BCUT2D eigenvalue weighted by molar-refractivity contribution is -0.137. The summed E-state index contributed by atoms with van der Waals surface area (Å²) < 4.78 is 5.22. The fourth-order valence-electron chi connectivity index (χ4n) is 5.09. The molecule has 0 N–H and O–H groups in total. The lowest BCUT2D eigenvalue weighted by Crippen LogP contribution is -2.03. The Morgan fingerprint density at radius 1 is 0.667 bits per heavy atom. The molecule has 0 spiro atoms. The van der Waals surface area contributed by atoms with Crippen molar-refractivity contribution in [1.29, 1.82) is 0 Å². The average Bonchev–Trinajstić information content (AvgIpc) is 2.94. The highest BCUT2D eigenvalue weighted by molar-refractivity contribution is 6.22. The maximum absolute atomic E-state index is 11.5. The number of ether oxygens (including phenoxy) is 1. The number of aryl methyl sites for hydroxylation is 1. The minimum atomic E-state index is -0.379. The highest BCUT2D eigenvalue weighted by atomic mass is 16.5. The van der Waals surface area contributed by atoms with E-state index in [-0.39, 0.29) is 5.97 Å². The molecule has 0 saturated heterocycles. The lowest BCUT2D eigenvalue weighted by Gasteiger charge is -2.20. The number of carbonyl (C=O) groups is 1. The molecule has 0 aliphatic rings. The van der Waals surface area contributed by atoms with Gasteiger partial charge in [0.2, 0.25) is 0 Å². The molecule has 0 radical (unpaired) electrons. The second-order valence-electron chi connectivity index (χ2n) is 8.76. The van der Waals surface area contributed by atoms with E-state index in [2.05, 4.69) is 110 Å². The predicted molar refractivity (Wildman–Crippen MR) is 152 cm³/mol. The zero-order valence-electron chi connectivity index (χ0n) is 20.2. The first-order chi connectivity index (χ1) is 17.7. The molecule has 0 fully saturated rings. The number of esters is 1. The molecule has 5 aromatic carbocycles. The molecule has 176 valence electrons. The molecule has 5 aromatic rings. The quantitative estimate of drug-likeness (QED) is 0.0986. The van der Waals surface area contributed by atoms with Crippen molar-refractivity contribution in [2.45, 2.75) is 12.8 Å². The van der Waals surface area contributed by atoms with Gasteiger partial charge in [-0.3, -0.25) is 0 Å². The van der Waals surface area contributed by atoms with Crippen LogP contribution in [0.1, 0.15) is 17.5 Å². The van der Waals surface area contributed by atoms with Gasteiger partial charge in [-0.05, 0) is 67.8 Å². The molecule has 36 heavy (non-hydrogen) atoms. The zero-order chi connectivity index (χ0) is 24.9. The van der Waals surface area contributed by atoms with Crippen LogP contribution in [0, 0.1) is 0 Å². The Bertz CT molecular complexity index is 1540. The van der Waals surface area contributed by atoms with Gasteiger partial charge in [-0.25, -0.2) is 4.79 Å². The van der Waals surface area contributed by atoms with Gasteiger partial charge in [0.25, 0.3) is 0 Å². The smallest absolute Gasteiger partial charge is 0.330 e. The van der Waals surface area contributed by atoms with Crippen LogP contribution in [0.15, 0.2) is 116 Å². The van der Waals surface area contributed by atoms with E-state index in [0.717, 1.165) is 18.4 Å². The molecular weight excluding hydrogens is 440 g/mol. The molecule has 0 bridgehead atoms. The van der Waals surface area contributed by atoms with E-state index in [1.807, 2.05) is 6.08 Å². The van der Waals surface area contributed by atoms with Crippen molar-refractivity contribution in [2.24, 2.45) is 0 Å². The fraction of sp³-hybridized carbons (Fsp3) is 0.0882. The summed E-state index contributed by atoms with van der Waals surface area (Å²) in [4.78, 5) is 11.5. The van der Waals surface area contributed by atoms with E-state index in [4.69, 9.17) is 4.74 Å². The summed E-state index contributed by atoms with van der Waals surface area (Å²) in [6, 6.07) is 34.3. The molecule has 2 heteroatoms. The van der Waals surface area contributed by atoms with Crippen molar-refractivity contribution < 1.29 is 9.53 Å². The van der Waals surface area contributed by atoms with Gasteiger partial charge in [0.05, 0.1) is 6.61 Å². The number of rotatable bonds is 8. The Morgan fingerprint density at radius 3 is 1.75 bits per heavy atom. The number of fused-ring (bicyclic) bond motifs is 2. The van der Waals surface area contributed by atoms with Gasteiger partial charge in [-0.2, -0.15) is 0 Å². The van der Waals surface area contributed by atoms with Gasteiger partial charge in [0, 0.05) is 6.08 Å². The number of hydrogen-bond acceptors (Lipinski definition) is 2. The minimum Gasteiger partial charge on any atom is -0.463 e. The van der Waals surface area contributed by atoms with Crippen LogP contribution < -0.4 is 0 Å². The molecule has 0 unspecified atom stereocenters. The standard InChI is InChI=1S/C34H28O2/c1-3-24-14-5-7-17-26(24)33-28-19-9-11-21-30(28)34(31-22-12-10-20-29(31)33)27-18-8-6-15-25(27)16-13-23-36-32(35)4-2/h3-12,14-15,17-22H,1-2,13,16,23H2. The Kier molecular flexibility index (Phi) is 6.77. The van der Waals surface area contributed by atoms with E-state index in [1.54, 1.807) is 0 Å². The van der Waals surface area contributed by atoms with Gasteiger partial charge in [-0.1, -0.05) is 116 Å². The van der Waals surface area contributed by atoms with Crippen molar-refractivity contribution in [1.82, 2.24) is 0 Å². The monoisotopic (exact) mass is 468 g/mol. The van der Waals surface area contributed by atoms with Crippen LogP contribution in [0.4, 0.5) is 0 Å². The topological polar surface area (TPSA) is 26.3 Å². The highest BCUT2D eigenvalue weighted by Crippen LogP contribution is 2.45. The predicted octanol–water partition coefficient (Wildman–Crippen LogP) is 8.63. The summed E-state index contributed by atoms with van der Waals surface area (Å²) >= 11 is 0. The van der Waals surface area contributed by atoms with Gasteiger partial charge in [0.1, 0.15) is 0 Å². The third kappa shape index (κ3) is 4.34. The summed E-state index contributed by atoms with van der Waals surface area (Å²) in [5.41, 5.74) is 7.22. The van der Waals surface area contributed by atoms with Crippen molar-refractivity contribution in [3.8, 4) is 22.3 Å². The first kappa shape index (κ1) is 23.3. The number of carbonyl (C=O) groups excluding carboxylic acids is 1. The summed E-state index contributed by atoms with van der Waals surface area (Å²) in [5, 5.41) is 4.87. The van der Waals surface area contributed by atoms with E-state index >= 15 is 0 Å². The zero-order valence-corrected chi connectivity index (χ0v) is 20.2. The van der Waals surface area contributed by atoms with Crippen LogP contribution in [-0.2, 0) is 16.0 Å². The molecule has 0 heterocycles. The highest BCUT2D eigenvalue weighted by Gasteiger charge is 2.18. The van der Waals surface area contributed by atoms with Crippen LogP contribution in [0.25, 0.3) is 49.9 Å². The number of hydrogen-bond donors (Lipinski definition) is 0. The molecule has 0 saturated carbocycles. The van der Waals surface area contributed by atoms with Crippen molar-refractivity contribution in [2.75, 3.05) is 6.61 Å². The second kappa shape index (κ2) is 10.5. The van der Waals surface area contributed by atoms with E-state index in [1.165, 1.54) is 55.4 Å².